The van der Waals surface area contributed by atoms with Gasteiger partial charge < -0.3 is 10.3 Å². The maximum absolute atomic E-state index is 12.9. The molecule has 1 amide bonds. The van der Waals surface area contributed by atoms with Gasteiger partial charge in [-0.1, -0.05) is 63.7 Å². The molecule has 0 radical (unpaired) electrons. The zero-order valence-electron chi connectivity index (χ0n) is 19.4. The van der Waals surface area contributed by atoms with E-state index in [9.17, 15) is 4.79 Å². The van der Waals surface area contributed by atoms with Crippen LogP contribution >= 0.6 is 11.8 Å². The van der Waals surface area contributed by atoms with Crippen LogP contribution in [-0.4, -0.2) is 36.4 Å². The molecule has 7 nitrogen and oxygen atoms in total. The fourth-order valence-electron chi connectivity index (χ4n) is 3.73. The first-order valence-corrected chi connectivity index (χ1v) is 12.3. The van der Waals surface area contributed by atoms with Crippen LogP contribution in [-0.2, 0) is 4.79 Å². The summed E-state index contributed by atoms with van der Waals surface area (Å²) in [6.45, 7) is 8.63. The number of benzene rings is 2. The van der Waals surface area contributed by atoms with Crippen LogP contribution < -0.4 is 5.32 Å². The van der Waals surface area contributed by atoms with Crippen molar-refractivity contribution in [2.24, 2.45) is 5.92 Å². The molecule has 0 saturated heterocycles. The maximum Gasteiger partial charge on any atom is 0.231 e. The number of hydrogen-bond donors (Lipinski definition) is 2. The van der Waals surface area contributed by atoms with E-state index in [2.05, 4.69) is 72.5 Å². The Hall–Kier alpha value is -3.13. The first-order chi connectivity index (χ1) is 15.9. The second-order valence-corrected chi connectivity index (χ2v) is 9.85. The number of aromatic nitrogens is 5. The summed E-state index contributed by atoms with van der Waals surface area (Å²) in [7, 11) is 0. The van der Waals surface area contributed by atoms with Crippen molar-refractivity contribution in [1.82, 2.24) is 30.0 Å². The van der Waals surface area contributed by atoms with Crippen LogP contribution in [0.15, 0.2) is 60.0 Å². The second kappa shape index (κ2) is 10.2. The van der Waals surface area contributed by atoms with Gasteiger partial charge in [-0.15, -0.1) is 10.2 Å². The van der Waals surface area contributed by atoms with Crippen LogP contribution in [0.5, 0.6) is 0 Å². The van der Waals surface area contributed by atoms with Crippen LogP contribution in [0.2, 0.25) is 0 Å². The van der Waals surface area contributed by atoms with E-state index in [1.807, 2.05) is 28.8 Å². The van der Waals surface area contributed by atoms with E-state index in [1.54, 1.807) is 6.33 Å². The Morgan fingerprint density at radius 1 is 1.09 bits per heavy atom. The van der Waals surface area contributed by atoms with Gasteiger partial charge in [0.15, 0.2) is 5.16 Å². The monoisotopic (exact) mass is 462 g/mol. The Bertz CT molecular complexity index is 1180. The fourth-order valence-corrected chi connectivity index (χ4v) is 4.47. The molecule has 2 N–H and O–H groups in total. The summed E-state index contributed by atoms with van der Waals surface area (Å²) in [5.74, 6) is 1.86. The SMILES string of the molecule is CC(C)CC(NC(=O)CSc1nncn1-c1ccc(C(C)C)cc1)c1nc2ccccc2[nH]1. The molecule has 0 bridgehead atoms. The summed E-state index contributed by atoms with van der Waals surface area (Å²) in [4.78, 5) is 20.9. The second-order valence-electron chi connectivity index (χ2n) is 8.91. The van der Waals surface area contributed by atoms with E-state index in [4.69, 9.17) is 4.98 Å². The van der Waals surface area contributed by atoms with Crippen molar-refractivity contribution in [2.75, 3.05) is 5.75 Å². The molecule has 4 aromatic rings. The molecule has 2 aromatic heterocycles. The molecule has 33 heavy (non-hydrogen) atoms. The number of amides is 1. The van der Waals surface area contributed by atoms with E-state index < -0.39 is 0 Å². The number of carbonyl (C=O) groups is 1. The topological polar surface area (TPSA) is 88.5 Å². The summed E-state index contributed by atoms with van der Waals surface area (Å²) in [5.41, 5.74) is 4.14. The van der Waals surface area contributed by atoms with E-state index in [0.717, 1.165) is 29.0 Å². The van der Waals surface area contributed by atoms with E-state index in [-0.39, 0.29) is 17.7 Å². The molecular formula is C25H30N6OS. The Morgan fingerprint density at radius 3 is 2.55 bits per heavy atom. The summed E-state index contributed by atoms with van der Waals surface area (Å²) >= 11 is 1.37. The van der Waals surface area contributed by atoms with Gasteiger partial charge in [-0.3, -0.25) is 9.36 Å². The minimum atomic E-state index is -0.174. The van der Waals surface area contributed by atoms with Crippen molar-refractivity contribution in [3.8, 4) is 5.69 Å². The highest BCUT2D eigenvalue weighted by atomic mass is 32.2. The molecule has 0 spiro atoms. The smallest absolute Gasteiger partial charge is 0.231 e. The average molecular weight is 463 g/mol. The van der Waals surface area contributed by atoms with Crippen molar-refractivity contribution in [3.63, 3.8) is 0 Å². The molecule has 0 saturated carbocycles. The Labute approximate surface area is 198 Å². The van der Waals surface area contributed by atoms with Crippen LogP contribution in [0.25, 0.3) is 16.7 Å². The highest BCUT2D eigenvalue weighted by Crippen LogP contribution is 2.24. The third-order valence-corrected chi connectivity index (χ3v) is 6.41. The molecule has 0 aliphatic rings. The van der Waals surface area contributed by atoms with Crippen molar-refractivity contribution in [2.45, 2.75) is 51.2 Å². The van der Waals surface area contributed by atoms with Crippen molar-refractivity contribution < 1.29 is 4.79 Å². The van der Waals surface area contributed by atoms with Gasteiger partial charge in [0.25, 0.3) is 0 Å². The summed E-state index contributed by atoms with van der Waals surface area (Å²) in [5, 5.41) is 12.1. The largest absolute Gasteiger partial charge is 0.345 e. The van der Waals surface area contributed by atoms with Crippen LogP contribution in [0, 0.1) is 5.92 Å². The van der Waals surface area contributed by atoms with Gasteiger partial charge in [-0.25, -0.2) is 4.98 Å². The molecule has 2 aromatic carbocycles. The van der Waals surface area contributed by atoms with Crippen LogP contribution in [0.4, 0.5) is 0 Å². The van der Waals surface area contributed by atoms with Crippen molar-refractivity contribution in [3.05, 3.63) is 66.2 Å². The Morgan fingerprint density at radius 2 is 1.85 bits per heavy atom. The number of aromatic amines is 1. The number of H-pyrrole nitrogens is 1. The third-order valence-electron chi connectivity index (χ3n) is 5.47. The molecule has 4 rings (SSSR count). The first kappa shape index (κ1) is 23.0. The van der Waals surface area contributed by atoms with Gasteiger partial charge >= 0.3 is 0 Å². The van der Waals surface area contributed by atoms with Crippen molar-refractivity contribution in [1.29, 1.82) is 0 Å². The number of carbonyl (C=O) groups excluding carboxylic acids is 1. The average Bonchev–Trinajstić information content (AvgIpc) is 3.44. The fraction of sp³-hybridized carbons (Fsp3) is 0.360. The third kappa shape index (κ3) is 5.63. The zero-order valence-corrected chi connectivity index (χ0v) is 20.3. The molecule has 0 aliphatic carbocycles. The minimum absolute atomic E-state index is 0.0594. The Kier molecular flexibility index (Phi) is 7.13. The molecule has 0 fully saturated rings. The lowest BCUT2D eigenvalue weighted by atomic mass is 10.0. The molecule has 1 atom stereocenters. The quantitative estimate of drug-likeness (QED) is 0.331. The molecule has 0 aliphatic heterocycles. The summed E-state index contributed by atoms with van der Waals surface area (Å²) < 4.78 is 1.91. The van der Waals surface area contributed by atoms with Gasteiger partial charge in [-0.2, -0.15) is 0 Å². The lowest BCUT2D eigenvalue weighted by molar-refractivity contribution is -0.119. The first-order valence-electron chi connectivity index (χ1n) is 11.3. The molecule has 1 unspecified atom stereocenters. The number of nitrogens with zero attached hydrogens (tertiary/aromatic N) is 4. The number of para-hydroxylation sites is 2. The number of rotatable bonds is 9. The van der Waals surface area contributed by atoms with Gasteiger partial charge in [0.1, 0.15) is 12.2 Å². The molecular weight excluding hydrogens is 432 g/mol. The molecule has 172 valence electrons. The van der Waals surface area contributed by atoms with E-state index in [1.165, 1.54) is 17.3 Å². The predicted molar refractivity (Wildman–Crippen MR) is 133 cm³/mol. The van der Waals surface area contributed by atoms with Gasteiger partial charge in [-0.05, 0) is 48.1 Å². The minimum Gasteiger partial charge on any atom is -0.345 e. The highest BCUT2D eigenvalue weighted by Gasteiger charge is 2.20. The highest BCUT2D eigenvalue weighted by molar-refractivity contribution is 7.99. The zero-order chi connectivity index (χ0) is 23.4. The number of imidazole rings is 1. The predicted octanol–water partition coefficient (Wildman–Crippen LogP) is 5.26. The molecule has 8 heteroatoms. The number of fused-ring (bicyclic) bond motifs is 1. The van der Waals surface area contributed by atoms with E-state index >= 15 is 0 Å². The number of nitrogens with one attached hydrogen (secondary N) is 2. The summed E-state index contributed by atoms with van der Waals surface area (Å²) in [6, 6.07) is 16.1. The molecule has 2 heterocycles. The lowest BCUT2D eigenvalue weighted by Gasteiger charge is -2.18. The summed E-state index contributed by atoms with van der Waals surface area (Å²) in [6.07, 6.45) is 2.48. The number of hydrogen-bond acceptors (Lipinski definition) is 5. The van der Waals surface area contributed by atoms with Crippen LogP contribution in [0.1, 0.15) is 57.5 Å². The van der Waals surface area contributed by atoms with Crippen molar-refractivity contribution >= 4 is 28.7 Å². The van der Waals surface area contributed by atoms with Gasteiger partial charge in [0.2, 0.25) is 5.91 Å². The number of thioether (sulfide) groups is 1. The lowest BCUT2D eigenvalue weighted by Crippen LogP contribution is -2.31. The Balaban J connectivity index is 1.43. The maximum atomic E-state index is 12.9. The standard InChI is InChI=1S/C25H30N6OS/c1-16(2)13-22(24-28-20-7-5-6-8-21(20)29-24)27-23(32)14-33-25-30-26-15-31(25)19-11-9-18(10-12-19)17(3)4/h5-12,15-17,22H,13-14H2,1-4H3,(H,27,32)(H,28,29). The van der Waals surface area contributed by atoms with E-state index in [0.29, 0.717) is 17.0 Å². The van der Waals surface area contributed by atoms with Gasteiger partial charge in [0.05, 0.1) is 22.8 Å². The van der Waals surface area contributed by atoms with Gasteiger partial charge in [0, 0.05) is 5.69 Å². The van der Waals surface area contributed by atoms with Crippen LogP contribution in [0.3, 0.4) is 0 Å². The normalized spacial score (nSPS) is 12.5.